The topological polar surface area (TPSA) is 77.1 Å². The number of esters is 1. The molecule has 34 heavy (non-hydrogen) atoms. The van der Waals surface area contributed by atoms with Crippen molar-refractivity contribution in [1.82, 2.24) is 10.2 Å². The summed E-state index contributed by atoms with van der Waals surface area (Å²) < 4.78 is 16.2. The van der Waals surface area contributed by atoms with Crippen molar-refractivity contribution >= 4 is 11.9 Å². The summed E-state index contributed by atoms with van der Waals surface area (Å²) in [5.74, 6) is 0.909. The number of methoxy groups -OCH3 is 2. The Morgan fingerprint density at radius 3 is 2.50 bits per heavy atom. The SMILES string of the molecule is COCCCc1cc(CN(C(=O)C2CCCNC2)C2CC2)cc(OCCC(C)(C)C(=O)OC)c1. The van der Waals surface area contributed by atoms with Gasteiger partial charge >= 0.3 is 5.97 Å². The molecule has 3 rings (SSSR count). The summed E-state index contributed by atoms with van der Waals surface area (Å²) >= 11 is 0. The van der Waals surface area contributed by atoms with Gasteiger partial charge in [0.2, 0.25) is 5.91 Å². The highest BCUT2D eigenvalue weighted by Crippen LogP contribution is 2.32. The summed E-state index contributed by atoms with van der Waals surface area (Å²) in [6.07, 6.45) is 6.57. The van der Waals surface area contributed by atoms with E-state index in [2.05, 4.69) is 22.3 Å². The first-order chi connectivity index (χ1) is 16.3. The Balaban J connectivity index is 1.71. The minimum Gasteiger partial charge on any atom is -0.494 e. The second kappa shape index (κ2) is 12.5. The van der Waals surface area contributed by atoms with Gasteiger partial charge in [0.15, 0.2) is 0 Å². The number of aryl methyl sites for hydroxylation is 1. The molecule has 1 saturated carbocycles. The molecular weight excluding hydrogens is 432 g/mol. The van der Waals surface area contributed by atoms with Gasteiger partial charge in [0.25, 0.3) is 0 Å². The number of carbonyl (C=O) groups excluding carboxylic acids is 2. The minimum atomic E-state index is -0.600. The van der Waals surface area contributed by atoms with Gasteiger partial charge in [-0.1, -0.05) is 6.07 Å². The van der Waals surface area contributed by atoms with Crippen LogP contribution in [-0.4, -0.2) is 63.3 Å². The van der Waals surface area contributed by atoms with E-state index in [0.29, 0.717) is 32.2 Å². The second-order valence-corrected chi connectivity index (χ2v) is 10.3. The lowest BCUT2D eigenvalue weighted by atomic mass is 9.90. The predicted octanol–water partition coefficient (Wildman–Crippen LogP) is 3.72. The summed E-state index contributed by atoms with van der Waals surface area (Å²) in [6.45, 7) is 7.26. The summed E-state index contributed by atoms with van der Waals surface area (Å²) in [5.41, 5.74) is 1.68. The van der Waals surface area contributed by atoms with Crippen LogP contribution < -0.4 is 10.1 Å². The maximum atomic E-state index is 13.3. The zero-order chi connectivity index (χ0) is 24.6. The third kappa shape index (κ3) is 7.70. The van der Waals surface area contributed by atoms with E-state index >= 15 is 0 Å². The van der Waals surface area contributed by atoms with Crippen LogP contribution in [0.25, 0.3) is 0 Å². The Hall–Kier alpha value is -2.12. The van der Waals surface area contributed by atoms with Gasteiger partial charge in [-0.05, 0) is 88.6 Å². The quantitative estimate of drug-likeness (QED) is 0.347. The highest BCUT2D eigenvalue weighted by molar-refractivity contribution is 5.80. The van der Waals surface area contributed by atoms with E-state index in [9.17, 15) is 9.59 Å². The van der Waals surface area contributed by atoms with Crippen molar-refractivity contribution in [2.24, 2.45) is 11.3 Å². The molecule has 0 bridgehead atoms. The number of ether oxygens (including phenoxy) is 3. The zero-order valence-electron chi connectivity index (χ0n) is 21.4. The molecule has 0 radical (unpaired) electrons. The van der Waals surface area contributed by atoms with Gasteiger partial charge in [0.1, 0.15) is 5.75 Å². The van der Waals surface area contributed by atoms with Gasteiger partial charge in [-0.3, -0.25) is 9.59 Å². The minimum absolute atomic E-state index is 0.0792. The van der Waals surface area contributed by atoms with E-state index < -0.39 is 5.41 Å². The summed E-state index contributed by atoms with van der Waals surface area (Å²) in [4.78, 5) is 27.4. The van der Waals surface area contributed by atoms with Gasteiger partial charge in [-0.2, -0.15) is 0 Å². The average Bonchev–Trinajstić information content (AvgIpc) is 3.67. The van der Waals surface area contributed by atoms with Crippen LogP contribution in [0.15, 0.2) is 18.2 Å². The molecule has 7 heteroatoms. The van der Waals surface area contributed by atoms with E-state index in [1.165, 1.54) is 12.7 Å². The van der Waals surface area contributed by atoms with Crippen molar-refractivity contribution in [3.05, 3.63) is 29.3 Å². The molecule has 2 aliphatic rings. The Morgan fingerprint density at radius 1 is 1.09 bits per heavy atom. The maximum Gasteiger partial charge on any atom is 0.311 e. The van der Waals surface area contributed by atoms with Crippen LogP contribution in [0.2, 0.25) is 0 Å². The van der Waals surface area contributed by atoms with Crippen LogP contribution in [-0.2, 0) is 32.0 Å². The smallest absolute Gasteiger partial charge is 0.311 e. The molecule has 1 aromatic carbocycles. The largest absolute Gasteiger partial charge is 0.494 e. The van der Waals surface area contributed by atoms with E-state index in [4.69, 9.17) is 14.2 Å². The van der Waals surface area contributed by atoms with E-state index in [-0.39, 0.29) is 17.8 Å². The molecule has 1 aliphatic carbocycles. The van der Waals surface area contributed by atoms with Crippen molar-refractivity contribution in [1.29, 1.82) is 0 Å². The van der Waals surface area contributed by atoms with Crippen molar-refractivity contribution in [2.45, 2.75) is 71.4 Å². The van der Waals surface area contributed by atoms with Crippen LogP contribution >= 0.6 is 0 Å². The van der Waals surface area contributed by atoms with Crippen LogP contribution in [0.1, 0.15) is 63.5 Å². The number of amides is 1. The monoisotopic (exact) mass is 474 g/mol. The third-order valence-electron chi connectivity index (χ3n) is 6.84. The summed E-state index contributed by atoms with van der Waals surface area (Å²) in [6, 6.07) is 6.67. The zero-order valence-corrected chi connectivity index (χ0v) is 21.4. The Morgan fingerprint density at radius 2 is 1.85 bits per heavy atom. The maximum absolute atomic E-state index is 13.3. The van der Waals surface area contributed by atoms with Crippen molar-refractivity contribution in [3.8, 4) is 5.75 Å². The molecule has 190 valence electrons. The normalized spacial score (nSPS) is 18.4. The first kappa shape index (κ1) is 26.5. The average molecular weight is 475 g/mol. The molecule has 1 N–H and O–H groups in total. The van der Waals surface area contributed by atoms with Crippen molar-refractivity contribution in [2.75, 3.05) is 40.5 Å². The number of piperidine rings is 1. The molecule has 7 nitrogen and oxygen atoms in total. The molecule has 1 heterocycles. The van der Waals surface area contributed by atoms with Gasteiger partial charge < -0.3 is 24.4 Å². The molecule has 1 unspecified atom stereocenters. The number of hydrogen-bond donors (Lipinski definition) is 1. The lowest BCUT2D eigenvalue weighted by molar-refractivity contribution is -0.151. The van der Waals surface area contributed by atoms with E-state index in [0.717, 1.165) is 62.9 Å². The molecule has 1 aromatic rings. The molecule has 0 spiro atoms. The van der Waals surface area contributed by atoms with Crippen molar-refractivity contribution < 1.29 is 23.8 Å². The first-order valence-electron chi connectivity index (χ1n) is 12.7. The lowest BCUT2D eigenvalue weighted by Gasteiger charge is -2.30. The number of nitrogens with zero attached hydrogens (tertiary/aromatic N) is 1. The molecular formula is C27H42N2O5. The van der Waals surface area contributed by atoms with Crippen LogP contribution in [0.4, 0.5) is 0 Å². The Kier molecular flexibility index (Phi) is 9.77. The van der Waals surface area contributed by atoms with Crippen molar-refractivity contribution in [3.63, 3.8) is 0 Å². The number of benzene rings is 1. The van der Waals surface area contributed by atoms with Gasteiger partial charge in [0, 0.05) is 32.8 Å². The molecule has 1 saturated heterocycles. The van der Waals surface area contributed by atoms with Crippen LogP contribution in [0.5, 0.6) is 5.75 Å². The fourth-order valence-electron chi connectivity index (χ4n) is 4.54. The fraction of sp³-hybridized carbons (Fsp3) is 0.704. The van der Waals surface area contributed by atoms with E-state index in [1.807, 2.05) is 19.9 Å². The third-order valence-corrected chi connectivity index (χ3v) is 6.84. The Bertz CT molecular complexity index is 815. The van der Waals surface area contributed by atoms with Crippen LogP contribution in [0, 0.1) is 11.3 Å². The standard InChI is InChI=1S/C27H42N2O5/c1-27(2,26(31)33-4)11-14-34-24-16-20(7-6-13-32-3)15-21(17-24)19-29(23-9-10-23)25(30)22-8-5-12-28-18-22/h15-17,22-23,28H,5-14,18-19H2,1-4H3. The first-order valence-corrected chi connectivity index (χ1v) is 12.7. The molecule has 1 atom stereocenters. The molecule has 0 aromatic heterocycles. The second-order valence-electron chi connectivity index (χ2n) is 10.3. The fourth-order valence-corrected chi connectivity index (χ4v) is 4.54. The molecule has 2 fully saturated rings. The van der Waals surface area contributed by atoms with Crippen LogP contribution in [0.3, 0.4) is 0 Å². The highest BCUT2D eigenvalue weighted by Gasteiger charge is 2.36. The number of hydrogen-bond acceptors (Lipinski definition) is 6. The molecule has 1 aliphatic heterocycles. The lowest BCUT2D eigenvalue weighted by Crippen LogP contribution is -2.43. The number of nitrogens with one attached hydrogen (secondary N) is 1. The predicted molar refractivity (Wildman–Crippen MR) is 132 cm³/mol. The molecule has 1 amide bonds. The number of rotatable bonds is 13. The summed E-state index contributed by atoms with van der Waals surface area (Å²) in [7, 11) is 3.13. The van der Waals surface area contributed by atoms with E-state index in [1.54, 1.807) is 7.11 Å². The Labute approximate surface area is 204 Å². The summed E-state index contributed by atoms with van der Waals surface area (Å²) in [5, 5.41) is 3.38. The van der Waals surface area contributed by atoms with Gasteiger partial charge in [-0.25, -0.2) is 0 Å². The highest BCUT2D eigenvalue weighted by atomic mass is 16.5. The van der Waals surface area contributed by atoms with Gasteiger partial charge in [0.05, 0.1) is 25.0 Å². The number of carbonyl (C=O) groups is 2. The van der Waals surface area contributed by atoms with Gasteiger partial charge in [-0.15, -0.1) is 0 Å².